The Morgan fingerprint density at radius 2 is 1.88 bits per heavy atom. The fourth-order valence-corrected chi connectivity index (χ4v) is 4.85. The molecule has 2 N–H and O–H groups in total. The quantitative estimate of drug-likeness (QED) is 0.449. The summed E-state index contributed by atoms with van der Waals surface area (Å²) in [5.41, 5.74) is 1.13. The lowest BCUT2D eigenvalue weighted by atomic mass is 9.86. The minimum absolute atomic E-state index is 0.173. The lowest BCUT2D eigenvalue weighted by Crippen LogP contribution is -2.45. The van der Waals surface area contributed by atoms with Crippen molar-refractivity contribution in [3.8, 4) is 5.75 Å². The maximum absolute atomic E-state index is 12.7. The van der Waals surface area contributed by atoms with Crippen molar-refractivity contribution in [1.82, 2.24) is 10.6 Å². The Balaban J connectivity index is 1.49. The molecule has 1 fully saturated rings. The highest BCUT2D eigenvalue weighted by Crippen LogP contribution is 2.41. The van der Waals surface area contributed by atoms with Gasteiger partial charge in [0.25, 0.3) is 5.91 Å². The molecule has 3 amide bonds. The van der Waals surface area contributed by atoms with Crippen LogP contribution in [0.25, 0.3) is 0 Å². The first kappa shape index (κ1) is 22.0. The molecule has 0 aliphatic carbocycles. The van der Waals surface area contributed by atoms with Crippen molar-refractivity contribution in [2.75, 3.05) is 0 Å². The molecule has 7 heteroatoms. The fraction of sp³-hybridized carbons (Fsp3) is 0.280. The molecule has 1 saturated heterocycles. The number of carbonyl (C=O) groups excluding carboxylic acids is 2. The Morgan fingerprint density at radius 1 is 1.09 bits per heavy atom. The first-order valence-electron chi connectivity index (χ1n) is 10.5. The summed E-state index contributed by atoms with van der Waals surface area (Å²) in [5, 5.41) is 5.15. The lowest BCUT2D eigenvalue weighted by molar-refractivity contribution is -0.125. The SMILES string of the molecule is Cc1cccc(COc2ccc(Sc3ccoc3C3(CC(C)C)NC(=O)NC3=O)cc2)c1. The largest absolute Gasteiger partial charge is 0.489 e. The van der Waals surface area contributed by atoms with Gasteiger partial charge in [-0.3, -0.25) is 10.1 Å². The number of amides is 3. The third-order valence-corrected chi connectivity index (χ3v) is 6.26. The van der Waals surface area contributed by atoms with Gasteiger partial charge in [0.2, 0.25) is 0 Å². The van der Waals surface area contributed by atoms with E-state index in [4.69, 9.17) is 9.15 Å². The van der Waals surface area contributed by atoms with Crippen LogP contribution in [0, 0.1) is 12.8 Å². The Labute approximate surface area is 191 Å². The lowest BCUT2D eigenvalue weighted by Gasteiger charge is -2.26. The molecule has 1 atom stereocenters. The summed E-state index contributed by atoms with van der Waals surface area (Å²) in [4.78, 5) is 26.4. The van der Waals surface area contributed by atoms with E-state index in [0.717, 1.165) is 21.1 Å². The molecule has 32 heavy (non-hydrogen) atoms. The van der Waals surface area contributed by atoms with E-state index < -0.39 is 11.6 Å². The van der Waals surface area contributed by atoms with Crippen LogP contribution in [-0.4, -0.2) is 11.9 Å². The molecule has 6 nitrogen and oxygen atoms in total. The molecule has 166 valence electrons. The Morgan fingerprint density at radius 3 is 2.53 bits per heavy atom. The summed E-state index contributed by atoms with van der Waals surface area (Å²) in [6.45, 7) is 6.58. The minimum Gasteiger partial charge on any atom is -0.489 e. The summed E-state index contributed by atoms with van der Waals surface area (Å²) < 4.78 is 11.6. The molecule has 3 aromatic rings. The number of hydrogen-bond acceptors (Lipinski definition) is 5. The van der Waals surface area contributed by atoms with Crippen LogP contribution in [0.4, 0.5) is 4.79 Å². The van der Waals surface area contributed by atoms with Crippen molar-refractivity contribution in [2.45, 2.75) is 49.1 Å². The van der Waals surface area contributed by atoms with E-state index in [9.17, 15) is 9.59 Å². The van der Waals surface area contributed by atoms with Crippen LogP contribution in [0.5, 0.6) is 5.75 Å². The van der Waals surface area contributed by atoms with Crippen molar-refractivity contribution in [2.24, 2.45) is 5.92 Å². The van der Waals surface area contributed by atoms with Gasteiger partial charge in [0.05, 0.1) is 11.2 Å². The molecule has 2 aromatic carbocycles. The molecule has 0 saturated carbocycles. The van der Waals surface area contributed by atoms with Gasteiger partial charge in [-0.05, 0) is 55.2 Å². The second kappa shape index (κ2) is 9.12. The van der Waals surface area contributed by atoms with E-state index in [2.05, 4.69) is 29.7 Å². The van der Waals surface area contributed by atoms with E-state index in [0.29, 0.717) is 18.8 Å². The standard InChI is InChI=1S/C25H26N2O4S/c1-16(2)14-25(23(28)26-24(29)27-25)22-21(11-12-30-22)32-20-9-7-19(8-10-20)31-15-18-6-4-5-17(3)13-18/h4-13,16H,14-15H2,1-3H3,(H2,26,27,28,29). The number of aryl methyl sites for hydroxylation is 1. The minimum atomic E-state index is -1.20. The summed E-state index contributed by atoms with van der Waals surface area (Å²) in [6.07, 6.45) is 1.99. The molecular weight excluding hydrogens is 424 g/mol. The Bertz CT molecular complexity index is 1120. The fourth-order valence-electron chi connectivity index (χ4n) is 3.89. The van der Waals surface area contributed by atoms with Crippen LogP contribution in [0.2, 0.25) is 0 Å². The third-order valence-electron chi connectivity index (χ3n) is 5.21. The van der Waals surface area contributed by atoms with E-state index in [1.54, 1.807) is 6.26 Å². The number of imide groups is 1. The Hall–Kier alpha value is -3.19. The maximum atomic E-state index is 12.7. The molecular formula is C25H26N2O4S. The van der Waals surface area contributed by atoms with Crippen LogP contribution in [0.1, 0.15) is 37.2 Å². The summed E-state index contributed by atoms with van der Waals surface area (Å²) in [7, 11) is 0. The van der Waals surface area contributed by atoms with Gasteiger partial charge < -0.3 is 14.5 Å². The molecule has 0 spiro atoms. The summed E-state index contributed by atoms with van der Waals surface area (Å²) in [6, 6.07) is 17.3. The van der Waals surface area contributed by atoms with E-state index >= 15 is 0 Å². The second-order valence-corrected chi connectivity index (χ2v) is 9.49. The van der Waals surface area contributed by atoms with Crippen LogP contribution >= 0.6 is 11.8 Å². The van der Waals surface area contributed by atoms with Gasteiger partial charge in [0.1, 0.15) is 12.4 Å². The first-order chi connectivity index (χ1) is 15.4. The first-order valence-corrected chi connectivity index (χ1v) is 11.4. The zero-order valence-electron chi connectivity index (χ0n) is 18.3. The summed E-state index contributed by atoms with van der Waals surface area (Å²) in [5.74, 6) is 1.03. The maximum Gasteiger partial charge on any atom is 0.322 e. The van der Waals surface area contributed by atoms with Crippen LogP contribution in [0.15, 0.2) is 75.1 Å². The van der Waals surface area contributed by atoms with E-state index in [1.807, 2.05) is 56.3 Å². The molecule has 1 aliphatic heterocycles. The molecule has 2 heterocycles. The third kappa shape index (κ3) is 4.67. The van der Waals surface area contributed by atoms with Crippen molar-refractivity contribution in [3.63, 3.8) is 0 Å². The zero-order chi connectivity index (χ0) is 22.7. The number of ether oxygens (including phenoxy) is 1. The molecule has 0 bridgehead atoms. The van der Waals surface area contributed by atoms with E-state index in [-0.39, 0.29) is 11.8 Å². The molecule has 0 radical (unpaired) electrons. The average molecular weight is 451 g/mol. The number of urea groups is 1. The van der Waals surface area contributed by atoms with Crippen LogP contribution in [-0.2, 0) is 16.9 Å². The highest BCUT2D eigenvalue weighted by atomic mass is 32.2. The van der Waals surface area contributed by atoms with Gasteiger partial charge in [-0.2, -0.15) is 0 Å². The zero-order valence-corrected chi connectivity index (χ0v) is 19.1. The van der Waals surface area contributed by atoms with Gasteiger partial charge in [-0.25, -0.2) is 4.79 Å². The second-order valence-electron chi connectivity index (χ2n) is 8.38. The number of furan rings is 1. The normalized spacial score (nSPS) is 18.0. The number of carbonyl (C=O) groups is 2. The van der Waals surface area contributed by atoms with Crippen molar-refractivity contribution in [3.05, 3.63) is 77.7 Å². The molecule has 1 unspecified atom stereocenters. The van der Waals surface area contributed by atoms with Crippen LogP contribution in [0.3, 0.4) is 0 Å². The van der Waals surface area contributed by atoms with Crippen molar-refractivity contribution in [1.29, 1.82) is 0 Å². The van der Waals surface area contributed by atoms with Gasteiger partial charge in [0.15, 0.2) is 11.3 Å². The topological polar surface area (TPSA) is 80.6 Å². The number of hydrogen-bond donors (Lipinski definition) is 2. The van der Waals surface area contributed by atoms with Crippen molar-refractivity contribution >= 4 is 23.7 Å². The predicted octanol–water partition coefficient (Wildman–Crippen LogP) is 5.40. The van der Waals surface area contributed by atoms with Gasteiger partial charge in [0, 0.05) is 4.90 Å². The molecule has 1 aromatic heterocycles. The number of benzene rings is 2. The predicted molar refractivity (Wildman–Crippen MR) is 123 cm³/mol. The monoisotopic (exact) mass is 450 g/mol. The number of nitrogens with one attached hydrogen (secondary N) is 2. The Kier molecular flexibility index (Phi) is 6.28. The number of rotatable bonds is 8. The average Bonchev–Trinajstić information content (AvgIpc) is 3.31. The highest BCUT2D eigenvalue weighted by Gasteiger charge is 2.51. The van der Waals surface area contributed by atoms with Gasteiger partial charge >= 0.3 is 6.03 Å². The van der Waals surface area contributed by atoms with Gasteiger partial charge in [-0.1, -0.05) is 55.4 Å². The van der Waals surface area contributed by atoms with Crippen LogP contribution < -0.4 is 15.4 Å². The van der Waals surface area contributed by atoms with Crippen molar-refractivity contribution < 1.29 is 18.7 Å². The highest BCUT2D eigenvalue weighted by molar-refractivity contribution is 7.99. The summed E-state index contributed by atoms with van der Waals surface area (Å²) >= 11 is 1.48. The molecule has 4 rings (SSSR count). The molecule has 1 aliphatic rings. The van der Waals surface area contributed by atoms with Gasteiger partial charge in [-0.15, -0.1) is 0 Å². The van der Waals surface area contributed by atoms with E-state index in [1.165, 1.54) is 17.3 Å². The smallest absolute Gasteiger partial charge is 0.322 e.